The number of hydrogen-bond donors (Lipinski definition) is 3. The second-order valence-corrected chi connectivity index (χ2v) is 6.60. The van der Waals surface area contributed by atoms with Crippen LogP contribution in [0.15, 0.2) is 6.07 Å². The molecule has 2 rings (SSSR count). The van der Waals surface area contributed by atoms with Crippen LogP contribution in [0.1, 0.15) is 45.7 Å². The fourth-order valence-electron chi connectivity index (χ4n) is 2.99. The number of rotatable bonds is 0. The molecular formula is C15H23NO2. The van der Waals surface area contributed by atoms with E-state index in [9.17, 15) is 10.2 Å². The highest BCUT2D eigenvalue weighted by atomic mass is 16.3. The first-order valence-electron chi connectivity index (χ1n) is 6.43. The summed E-state index contributed by atoms with van der Waals surface area (Å²) in [6.45, 7) is 12.7. The number of benzene rings is 1. The van der Waals surface area contributed by atoms with Crippen molar-refractivity contribution in [2.75, 3.05) is 5.32 Å². The zero-order valence-corrected chi connectivity index (χ0v) is 12.0. The molecule has 100 valence electrons. The standard InChI is InChI=1S/C15H23NO2/c1-8-7-10-11(13(18)12(8)17)16-15(5,6)9(2)14(10,3)4/h7,9,16-18H,1-6H3/t9-/m0/s1. The van der Waals surface area contributed by atoms with Crippen molar-refractivity contribution in [1.29, 1.82) is 0 Å². The van der Waals surface area contributed by atoms with Gasteiger partial charge in [-0.1, -0.05) is 20.8 Å². The third kappa shape index (κ3) is 1.57. The summed E-state index contributed by atoms with van der Waals surface area (Å²) in [5, 5.41) is 23.4. The number of nitrogens with one attached hydrogen (secondary N) is 1. The maximum atomic E-state index is 10.2. The highest BCUT2D eigenvalue weighted by molar-refractivity contribution is 5.73. The summed E-state index contributed by atoms with van der Waals surface area (Å²) in [6.07, 6.45) is 0. The second-order valence-electron chi connectivity index (χ2n) is 6.60. The summed E-state index contributed by atoms with van der Waals surface area (Å²) in [5.41, 5.74) is 2.27. The van der Waals surface area contributed by atoms with E-state index in [1.807, 2.05) is 13.0 Å². The summed E-state index contributed by atoms with van der Waals surface area (Å²) in [7, 11) is 0. The fraction of sp³-hybridized carbons (Fsp3) is 0.600. The van der Waals surface area contributed by atoms with E-state index in [0.717, 1.165) is 5.56 Å². The van der Waals surface area contributed by atoms with Crippen LogP contribution in [0, 0.1) is 12.8 Å². The van der Waals surface area contributed by atoms with E-state index in [0.29, 0.717) is 17.2 Å². The Morgan fingerprint density at radius 2 is 1.67 bits per heavy atom. The maximum Gasteiger partial charge on any atom is 0.181 e. The Morgan fingerprint density at radius 3 is 2.22 bits per heavy atom. The average molecular weight is 249 g/mol. The molecule has 1 aliphatic heterocycles. The monoisotopic (exact) mass is 249 g/mol. The van der Waals surface area contributed by atoms with Crippen LogP contribution in [-0.4, -0.2) is 15.8 Å². The van der Waals surface area contributed by atoms with Gasteiger partial charge in [-0.15, -0.1) is 0 Å². The van der Waals surface area contributed by atoms with Gasteiger partial charge in [-0.3, -0.25) is 0 Å². The normalized spacial score (nSPS) is 24.2. The lowest BCUT2D eigenvalue weighted by molar-refractivity contribution is 0.228. The van der Waals surface area contributed by atoms with Crippen LogP contribution in [0.2, 0.25) is 0 Å². The molecule has 3 nitrogen and oxygen atoms in total. The molecule has 0 bridgehead atoms. The van der Waals surface area contributed by atoms with Crippen molar-refractivity contribution < 1.29 is 10.2 Å². The molecule has 18 heavy (non-hydrogen) atoms. The van der Waals surface area contributed by atoms with E-state index in [4.69, 9.17) is 0 Å². The molecule has 1 aromatic rings. The molecule has 1 aromatic carbocycles. The molecule has 3 N–H and O–H groups in total. The van der Waals surface area contributed by atoms with Gasteiger partial charge in [-0.05, 0) is 49.3 Å². The molecule has 3 heteroatoms. The fourth-order valence-corrected chi connectivity index (χ4v) is 2.99. The van der Waals surface area contributed by atoms with Crippen molar-refractivity contribution in [1.82, 2.24) is 0 Å². The van der Waals surface area contributed by atoms with Crippen molar-refractivity contribution in [3.63, 3.8) is 0 Å². The van der Waals surface area contributed by atoms with Crippen LogP contribution >= 0.6 is 0 Å². The molecule has 1 heterocycles. The third-order valence-electron chi connectivity index (χ3n) is 4.77. The van der Waals surface area contributed by atoms with E-state index in [1.54, 1.807) is 0 Å². The predicted octanol–water partition coefficient (Wildman–Crippen LogP) is 3.52. The molecule has 0 radical (unpaired) electrons. The van der Waals surface area contributed by atoms with Crippen LogP contribution in [0.3, 0.4) is 0 Å². The quantitative estimate of drug-likeness (QED) is 0.617. The lowest BCUT2D eigenvalue weighted by Gasteiger charge is -2.49. The summed E-state index contributed by atoms with van der Waals surface area (Å²) >= 11 is 0. The molecule has 0 spiro atoms. The highest BCUT2D eigenvalue weighted by Crippen LogP contribution is 2.52. The molecule has 1 atom stereocenters. The minimum Gasteiger partial charge on any atom is -0.504 e. The Morgan fingerprint density at radius 1 is 1.11 bits per heavy atom. The molecule has 0 unspecified atom stereocenters. The van der Waals surface area contributed by atoms with Crippen LogP contribution < -0.4 is 5.32 Å². The largest absolute Gasteiger partial charge is 0.504 e. The van der Waals surface area contributed by atoms with Crippen molar-refractivity contribution in [2.24, 2.45) is 5.92 Å². The first-order valence-corrected chi connectivity index (χ1v) is 6.43. The molecule has 0 aliphatic carbocycles. The molecule has 0 aromatic heterocycles. The lowest BCUT2D eigenvalue weighted by atomic mass is 9.63. The van der Waals surface area contributed by atoms with E-state index in [2.05, 4.69) is 39.9 Å². The molecule has 0 fully saturated rings. The van der Waals surface area contributed by atoms with Gasteiger partial charge in [0.2, 0.25) is 0 Å². The summed E-state index contributed by atoms with van der Waals surface area (Å²) in [4.78, 5) is 0. The smallest absolute Gasteiger partial charge is 0.181 e. The second kappa shape index (κ2) is 3.56. The van der Waals surface area contributed by atoms with Gasteiger partial charge in [0.05, 0.1) is 5.69 Å². The van der Waals surface area contributed by atoms with Gasteiger partial charge in [-0.25, -0.2) is 0 Å². The number of fused-ring (bicyclic) bond motifs is 1. The predicted molar refractivity (Wildman–Crippen MR) is 74.4 cm³/mol. The van der Waals surface area contributed by atoms with Gasteiger partial charge < -0.3 is 15.5 Å². The lowest BCUT2D eigenvalue weighted by Crippen LogP contribution is -2.51. The summed E-state index contributed by atoms with van der Waals surface area (Å²) in [6, 6.07) is 1.98. The van der Waals surface area contributed by atoms with Crippen molar-refractivity contribution in [3.8, 4) is 11.5 Å². The van der Waals surface area contributed by atoms with Crippen LogP contribution in [0.5, 0.6) is 11.5 Å². The minimum atomic E-state index is -0.129. The maximum absolute atomic E-state index is 10.2. The highest BCUT2D eigenvalue weighted by Gasteiger charge is 2.45. The third-order valence-corrected chi connectivity index (χ3v) is 4.77. The number of phenols is 2. The molecule has 1 aliphatic rings. The first kappa shape index (κ1) is 13.1. The van der Waals surface area contributed by atoms with Gasteiger partial charge in [0.15, 0.2) is 11.5 Å². The Kier molecular flexibility index (Phi) is 2.58. The number of anilines is 1. The van der Waals surface area contributed by atoms with E-state index in [1.165, 1.54) is 0 Å². The van der Waals surface area contributed by atoms with E-state index >= 15 is 0 Å². The van der Waals surface area contributed by atoms with Crippen molar-refractivity contribution in [2.45, 2.75) is 52.5 Å². The van der Waals surface area contributed by atoms with Gasteiger partial charge in [0.25, 0.3) is 0 Å². The number of aromatic hydroxyl groups is 2. The van der Waals surface area contributed by atoms with Crippen LogP contribution in [0.25, 0.3) is 0 Å². The average Bonchev–Trinajstić information content (AvgIpc) is 2.26. The first-order chi connectivity index (χ1) is 8.09. The SMILES string of the molecule is Cc1cc2c(c(O)c1O)NC(C)(C)[C@@H](C)C2(C)C. The molecule has 0 saturated heterocycles. The van der Waals surface area contributed by atoms with Gasteiger partial charge in [0, 0.05) is 5.54 Å². The van der Waals surface area contributed by atoms with Gasteiger partial charge in [-0.2, -0.15) is 0 Å². The van der Waals surface area contributed by atoms with E-state index in [-0.39, 0.29) is 22.5 Å². The summed E-state index contributed by atoms with van der Waals surface area (Å²) < 4.78 is 0. The van der Waals surface area contributed by atoms with Crippen molar-refractivity contribution in [3.05, 3.63) is 17.2 Å². The molecular weight excluding hydrogens is 226 g/mol. The van der Waals surface area contributed by atoms with Crippen LogP contribution in [-0.2, 0) is 5.41 Å². The number of aryl methyl sites for hydroxylation is 1. The van der Waals surface area contributed by atoms with Gasteiger partial charge in [0.1, 0.15) is 0 Å². The molecule has 0 saturated carbocycles. The molecule has 0 amide bonds. The zero-order chi connectivity index (χ0) is 13.9. The Labute approximate surface area is 109 Å². The van der Waals surface area contributed by atoms with Crippen LogP contribution in [0.4, 0.5) is 5.69 Å². The Bertz CT molecular complexity index is 504. The topological polar surface area (TPSA) is 52.5 Å². The van der Waals surface area contributed by atoms with Gasteiger partial charge >= 0.3 is 0 Å². The van der Waals surface area contributed by atoms with E-state index < -0.39 is 0 Å². The Balaban J connectivity index is 2.75. The zero-order valence-electron chi connectivity index (χ0n) is 12.0. The summed E-state index contributed by atoms with van der Waals surface area (Å²) in [5.74, 6) is 0.348. The number of phenolic OH excluding ortho intramolecular Hbond substituents is 2. The van der Waals surface area contributed by atoms with Crippen molar-refractivity contribution >= 4 is 5.69 Å². The Hall–Kier alpha value is -1.38. The minimum absolute atomic E-state index is 0.0256. The number of hydrogen-bond acceptors (Lipinski definition) is 3.